The van der Waals surface area contributed by atoms with Crippen molar-refractivity contribution < 1.29 is 14.3 Å². The Morgan fingerprint density at radius 1 is 1.00 bits per heavy atom. The van der Waals surface area contributed by atoms with E-state index >= 15 is 0 Å². The van der Waals surface area contributed by atoms with E-state index in [0.717, 1.165) is 0 Å². The molecule has 0 aromatic heterocycles. The average molecular weight is 299 g/mol. The molecule has 1 N–H and O–H groups in total. The van der Waals surface area contributed by atoms with Gasteiger partial charge in [-0.25, -0.2) is 4.79 Å². The SMILES string of the molecule is C=C(C)C(=O)OCCNC(C)=O.c1ccc2ccccc2c1. The van der Waals surface area contributed by atoms with Gasteiger partial charge in [-0.05, 0) is 17.7 Å². The molecule has 2 rings (SSSR count). The molecule has 0 spiro atoms. The van der Waals surface area contributed by atoms with Gasteiger partial charge >= 0.3 is 5.97 Å². The van der Waals surface area contributed by atoms with Gasteiger partial charge in [0.15, 0.2) is 0 Å². The Morgan fingerprint density at radius 2 is 1.45 bits per heavy atom. The van der Waals surface area contributed by atoms with E-state index < -0.39 is 5.97 Å². The Hall–Kier alpha value is -2.62. The van der Waals surface area contributed by atoms with Crippen molar-refractivity contribution in [2.75, 3.05) is 13.2 Å². The van der Waals surface area contributed by atoms with Crippen molar-refractivity contribution in [1.29, 1.82) is 0 Å². The molecule has 0 unspecified atom stereocenters. The number of carbonyl (C=O) groups is 2. The van der Waals surface area contributed by atoms with E-state index in [1.165, 1.54) is 17.7 Å². The highest BCUT2D eigenvalue weighted by Gasteiger charge is 2.01. The summed E-state index contributed by atoms with van der Waals surface area (Å²) in [5, 5.41) is 5.11. The quantitative estimate of drug-likeness (QED) is 0.536. The topological polar surface area (TPSA) is 55.4 Å². The Balaban J connectivity index is 0.000000222. The lowest BCUT2D eigenvalue weighted by molar-refractivity contribution is -0.139. The van der Waals surface area contributed by atoms with Gasteiger partial charge in [-0.15, -0.1) is 0 Å². The first-order valence-electron chi connectivity index (χ1n) is 7.01. The van der Waals surface area contributed by atoms with Gasteiger partial charge in [-0.1, -0.05) is 55.1 Å². The van der Waals surface area contributed by atoms with Gasteiger partial charge in [0.2, 0.25) is 5.91 Å². The molecular weight excluding hydrogens is 278 g/mol. The fourth-order valence-electron chi connectivity index (χ4n) is 1.63. The molecule has 0 aliphatic heterocycles. The fraction of sp³-hybridized carbons (Fsp3) is 0.222. The predicted molar refractivity (Wildman–Crippen MR) is 88.4 cm³/mol. The van der Waals surface area contributed by atoms with E-state index in [9.17, 15) is 9.59 Å². The molecule has 0 atom stereocenters. The lowest BCUT2D eigenvalue weighted by Gasteiger charge is -2.03. The van der Waals surface area contributed by atoms with Crippen LogP contribution in [0, 0.1) is 0 Å². The van der Waals surface area contributed by atoms with Crippen LogP contribution in [-0.4, -0.2) is 25.0 Å². The molecule has 0 aliphatic rings. The Kier molecular flexibility index (Phi) is 7.40. The Morgan fingerprint density at radius 3 is 1.82 bits per heavy atom. The van der Waals surface area contributed by atoms with Gasteiger partial charge in [-0.3, -0.25) is 4.79 Å². The van der Waals surface area contributed by atoms with Gasteiger partial charge in [-0.2, -0.15) is 0 Å². The van der Waals surface area contributed by atoms with E-state index in [2.05, 4.69) is 60.4 Å². The number of ether oxygens (including phenoxy) is 1. The Labute approximate surface area is 130 Å². The van der Waals surface area contributed by atoms with E-state index in [1.807, 2.05) is 0 Å². The van der Waals surface area contributed by atoms with Crippen molar-refractivity contribution in [3.63, 3.8) is 0 Å². The van der Waals surface area contributed by atoms with Crippen LogP contribution in [0.2, 0.25) is 0 Å². The standard InChI is InChI=1S/C10H8.C8H13NO3/c1-2-6-10-8-4-3-7-9(10)5-1;1-6(2)8(11)12-5-4-9-7(3)10/h1-8H;1,4-5H2,2-3H3,(H,9,10). The lowest BCUT2D eigenvalue weighted by atomic mass is 10.1. The summed E-state index contributed by atoms with van der Waals surface area (Å²) in [6.45, 7) is 6.91. The minimum Gasteiger partial charge on any atom is -0.460 e. The summed E-state index contributed by atoms with van der Waals surface area (Å²) < 4.78 is 4.70. The third kappa shape index (κ3) is 6.70. The number of esters is 1. The number of hydrogen-bond acceptors (Lipinski definition) is 3. The summed E-state index contributed by atoms with van der Waals surface area (Å²) in [7, 11) is 0. The number of hydrogen-bond donors (Lipinski definition) is 1. The molecule has 2 aromatic rings. The van der Waals surface area contributed by atoms with Crippen LogP contribution in [0.25, 0.3) is 10.8 Å². The van der Waals surface area contributed by atoms with E-state index in [1.54, 1.807) is 6.92 Å². The number of rotatable bonds is 4. The van der Waals surface area contributed by atoms with Gasteiger partial charge in [0.25, 0.3) is 0 Å². The highest BCUT2D eigenvalue weighted by Crippen LogP contribution is 2.11. The molecule has 0 fully saturated rings. The van der Waals surface area contributed by atoms with Crippen molar-refractivity contribution >= 4 is 22.6 Å². The molecule has 0 aliphatic carbocycles. The van der Waals surface area contributed by atoms with E-state index in [0.29, 0.717) is 12.1 Å². The predicted octanol–water partition coefficient (Wildman–Crippen LogP) is 3.08. The molecule has 4 heteroatoms. The molecular formula is C18H21NO3. The van der Waals surface area contributed by atoms with Gasteiger partial charge < -0.3 is 10.1 Å². The highest BCUT2D eigenvalue weighted by molar-refractivity contribution is 5.87. The average Bonchev–Trinajstić information content (AvgIpc) is 2.52. The fourth-order valence-corrected chi connectivity index (χ4v) is 1.63. The summed E-state index contributed by atoms with van der Waals surface area (Å²) >= 11 is 0. The van der Waals surface area contributed by atoms with Gasteiger partial charge in [0.05, 0.1) is 6.54 Å². The first kappa shape index (κ1) is 17.4. The van der Waals surface area contributed by atoms with Crippen molar-refractivity contribution in [2.45, 2.75) is 13.8 Å². The third-order valence-electron chi connectivity index (χ3n) is 2.72. The maximum absolute atomic E-state index is 10.8. The summed E-state index contributed by atoms with van der Waals surface area (Å²) in [4.78, 5) is 21.1. The van der Waals surface area contributed by atoms with Gasteiger partial charge in [0, 0.05) is 12.5 Å². The second-order valence-corrected chi connectivity index (χ2v) is 4.75. The number of carbonyl (C=O) groups excluding carboxylic acids is 2. The zero-order valence-electron chi connectivity index (χ0n) is 13.0. The van der Waals surface area contributed by atoms with Crippen LogP contribution in [-0.2, 0) is 14.3 Å². The zero-order chi connectivity index (χ0) is 16.4. The minimum absolute atomic E-state index is 0.138. The van der Waals surface area contributed by atoms with Gasteiger partial charge in [0.1, 0.15) is 6.61 Å². The van der Waals surface area contributed by atoms with E-state index in [4.69, 9.17) is 4.74 Å². The van der Waals surface area contributed by atoms with Crippen LogP contribution in [0.15, 0.2) is 60.7 Å². The number of amides is 1. The molecule has 22 heavy (non-hydrogen) atoms. The van der Waals surface area contributed by atoms with Crippen molar-refractivity contribution in [3.05, 3.63) is 60.7 Å². The molecule has 0 bridgehead atoms. The molecule has 0 radical (unpaired) electrons. The minimum atomic E-state index is -0.430. The molecule has 4 nitrogen and oxygen atoms in total. The van der Waals surface area contributed by atoms with Crippen LogP contribution < -0.4 is 5.32 Å². The number of benzene rings is 2. The van der Waals surface area contributed by atoms with Crippen molar-refractivity contribution in [1.82, 2.24) is 5.32 Å². The number of fused-ring (bicyclic) bond motifs is 1. The first-order valence-corrected chi connectivity index (χ1v) is 7.01. The smallest absolute Gasteiger partial charge is 0.333 e. The largest absolute Gasteiger partial charge is 0.460 e. The molecule has 0 heterocycles. The summed E-state index contributed by atoms with van der Waals surface area (Å²) in [6.07, 6.45) is 0. The Bertz CT molecular complexity index is 584. The second kappa shape index (κ2) is 9.34. The molecule has 2 aromatic carbocycles. The van der Waals surface area contributed by atoms with E-state index in [-0.39, 0.29) is 12.5 Å². The van der Waals surface area contributed by atoms with Crippen molar-refractivity contribution in [3.8, 4) is 0 Å². The lowest BCUT2D eigenvalue weighted by Crippen LogP contribution is -2.25. The van der Waals surface area contributed by atoms with Crippen LogP contribution in [0.4, 0.5) is 0 Å². The second-order valence-electron chi connectivity index (χ2n) is 4.75. The van der Waals surface area contributed by atoms with Crippen LogP contribution in [0.5, 0.6) is 0 Å². The summed E-state index contributed by atoms with van der Waals surface area (Å²) in [5.74, 6) is -0.568. The maximum atomic E-state index is 10.8. The molecule has 116 valence electrons. The van der Waals surface area contributed by atoms with Crippen LogP contribution in [0.1, 0.15) is 13.8 Å². The number of nitrogens with one attached hydrogen (secondary N) is 1. The van der Waals surface area contributed by atoms with Crippen LogP contribution >= 0.6 is 0 Å². The summed E-state index contributed by atoms with van der Waals surface area (Å²) in [6, 6.07) is 16.7. The van der Waals surface area contributed by atoms with Crippen LogP contribution in [0.3, 0.4) is 0 Å². The first-order chi connectivity index (χ1) is 10.5. The third-order valence-corrected chi connectivity index (χ3v) is 2.72. The molecule has 1 amide bonds. The molecule has 0 saturated carbocycles. The highest BCUT2D eigenvalue weighted by atomic mass is 16.5. The zero-order valence-corrected chi connectivity index (χ0v) is 13.0. The summed E-state index contributed by atoms with van der Waals surface area (Å²) in [5.41, 5.74) is 0.359. The van der Waals surface area contributed by atoms with Crippen molar-refractivity contribution in [2.24, 2.45) is 0 Å². The maximum Gasteiger partial charge on any atom is 0.333 e. The molecule has 0 saturated heterocycles. The monoisotopic (exact) mass is 299 g/mol. The normalized spacial score (nSPS) is 9.36.